The Morgan fingerprint density at radius 1 is 1.17 bits per heavy atom. The highest BCUT2D eigenvalue weighted by atomic mass is 16.6. The van der Waals surface area contributed by atoms with E-state index in [0.29, 0.717) is 11.7 Å². The number of hydrogen-bond acceptors (Lipinski definition) is 5. The predicted molar refractivity (Wildman–Crippen MR) is 107 cm³/mol. The molecule has 8 nitrogen and oxygen atoms in total. The Kier molecular flexibility index (Phi) is 5.33. The van der Waals surface area contributed by atoms with E-state index in [-0.39, 0.29) is 17.8 Å². The normalized spacial score (nSPS) is 14.1. The van der Waals surface area contributed by atoms with Crippen LogP contribution < -0.4 is 5.32 Å². The number of carbonyl (C=O) groups is 1. The van der Waals surface area contributed by atoms with E-state index in [2.05, 4.69) is 10.3 Å². The summed E-state index contributed by atoms with van der Waals surface area (Å²) in [6.07, 6.45) is 6.25. The number of hydrogen-bond donors (Lipinski definition) is 1. The lowest BCUT2D eigenvalue weighted by Crippen LogP contribution is -2.24. The minimum Gasteiger partial charge on any atom is -0.346 e. The molecule has 1 saturated carbocycles. The minimum atomic E-state index is -0.553. The van der Waals surface area contributed by atoms with Crippen molar-refractivity contribution in [2.24, 2.45) is 0 Å². The highest BCUT2D eigenvalue weighted by Gasteiger charge is 2.23. The van der Waals surface area contributed by atoms with Crippen LogP contribution in [0, 0.1) is 10.1 Å². The van der Waals surface area contributed by atoms with Crippen LogP contribution in [0.2, 0.25) is 0 Å². The van der Waals surface area contributed by atoms with E-state index >= 15 is 0 Å². The van der Waals surface area contributed by atoms with E-state index in [1.807, 2.05) is 28.9 Å². The second-order valence-corrected chi connectivity index (χ2v) is 7.08. The molecule has 0 radical (unpaired) electrons. The molecule has 1 aliphatic rings. The molecule has 0 atom stereocenters. The number of carbonyl (C=O) groups excluding carboxylic acids is 1. The van der Waals surface area contributed by atoms with E-state index < -0.39 is 10.8 Å². The quantitative estimate of drug-likeness (QED) is 0.507. The molecule has 8 heteroatoms. The first-order chi connectivity index (χ1) is 14.1. The molecule has 0 unspecified atom stereocenters. The summed E-state index contributed by atoms with van der Waals surface area (Å²) >= 11 is 0. The van der Waals surface area contributed by atoms with Gasteiger partial charge in [0.1, 0.15) is 5.56 Å². The molecule has 1 aliphatic carbocycles. The van der Waals surface area contributed by atoms with Crippen molar-refractivity contribution >= 4 is 11.6 Å². The first kappa shape index (κ1) is 18.8. The molecule has 0 spiro atoms. The average molecular weight is 391 g/mol. The number of pyridine rings is 1. The van der Waals surface area contributed by atoms with Gasteiger partial charge in [0.15, 0.2) is 0 Å². The summed E-state index contributed by atoms with van der Waals surface area (Å²) in [6, 6.07) is 13.9. The Morgan fingerprint density at radius 2 is 1.93 bits per heavy atom. The van der Waals surface area contributed by atoms with Crippen molar-refractivity contribution in [3.05, 3.63) is 76.1 Å². The highest BCUT2D eigenvalue weighted by Crippen LogP contribution is 2.33. The van der Waals surface area contributed by atoms with Crippen LogP contribution in [-0.2, 0) is 6.54 Å². The average Bonchev–Trinajstić information content (AvgIpc) is 3.42. The standard InChI is InChI=1S/C21H21N5O3/c27-21(17-9-3-4-11-19(17)26(28)29)23-14-15-13-20(18-10-5-6-12-22-18)25(24-15)16-7-1-2-8-16/h3-6,9-13,16H,1-2,7-8,14H2,(H,23,27). The Balaban J connectivity index is 1.57. The lowest BCUT2D eigenvalue weighted by molar-refractivity contribution is -0.385. The SMILES string of the molecule is O=C(NCc1cc(-c2ccccn2)n(C2CCCC2)n1)c1ccccc1[N+](=O)[O-]. The molecule has 0 aliphatic heterocycles. The van der Waals surface area contributed by atoms with Gasteiger partial charge in [-0.3, -0.25) is 24.6 Å². The molecule has 1 amide bonds. The fraction of sp³-hybridized carbons (Fsp3) is 0.286. The predicted octanol–water partition coefficient (Wildman–Crippen LogP) is 3.90. The van der Waals surface area contributed by atoms with Crippen LogP contribution in [0.25, 0.3) is 11.4 Å². The van der Waals surface area contributed by atoms with Crippen LogP contribution >= 0.6 is 0 Å². The lowest BCUT2D eigenvalue weighted by Gasteiger charge is -2.13. The molecule has 1 fully saturated rings. The largest absolute Gasteiger partial charge is 0.346 e. The van der Waals surface area contributed by atoms with Crippen molar-refractivity contribution in [2.45, 2.75) is 38.3 Å². The maximum absolute atomic E-state index is 12.5. The molecule has 2 heterocycles. The van der Waals surface area contributed by atoms with Crippen molar-refractivity contribution in [1.82, 2.24) is 20.1 Å². The van der Waals surface area contributed by atoms with Crippen LogP contribution in [0.1, 0.15) is 47.8 Å². The number of rotatable bonds is 6. The zero-order chi connectivity index (χ0) is 20.2. The van der Waals surface area contributed by atoms with Gasteiger partial charge >= 0.3 is 0 Å². The van der Waals surface area contributed by atoms with E-state index in [1.54, 1.807) is 12.3 Å². The van der Waals surface area contributed by atoms with Gasteiger partial charge in [0.25, 0.3) is 11.6 Å². The summed E-state index contributed by atoms with van der Waals surface area (Å²) in [5.74, 6) is -0.493. The molecular formula is C21H21N5O3. The number of nitro benzene ring substituents is 1. The molecule has 1 N–H and O–H groups in total. The summed E-state index contributed by atoms with van der Waals surface area (Å²) in [6.45, 7) is 0.185. The van der Waals surface area contributed by atoms with Crippen LogP contribution in [0.3, 0.4) is 0 Å². The fourth-order valence-corrected chi connectivity index (χ4v) is 3.76. The Morgan fingerprint density at radius 3 is 2.66 bits per heavy atom. The number of benzene rings is 1. The number of aromatic nitrogens is 3. The Labute approximate surface area is 167 Å². The van der Waals surface area contributed by atoms with Crippen molar-refractivity contribution in [2.75, 3.05) is 0 Å². The Bertz CT molecular complexity index is 1030. The number of amides is 1. The molecule has 0 saturated heterocycles. The monoisotopic (exact) mass is 391 g/mol. The lowest BCUT2D eigenvalue weighted by atomic mass is 10.1. The van der Waals surface area contributed by atoms with E-state index in [0.717, 1.165) is 24.2 Å². The topological polar surface area (TPSA) is 103 Å². The van der Waals surface area contributed by atoms with E-state index in [9.17, 15) is 14.9 Å². The second-order valence-electron chi connectivity index (χ2n) is 7.08. The summed E-state index contributed by atoms with van der Waals surface area (Å²) < 4.78 is 2.02. The van der Waals surface area contributed by atoms with Gasteiger partial charge in [-0.25, -0.2) is 0 Å². The molecule has 4 rings (SSSR count). The van der Waals surface area contributed by atoms with Gasteiger partial charge in [0.05, 0.1) is 34.6 Å². The summed E-state index contributed by atoms with van der Waals surface area (Å²) in [7, 11) is 0. The molecule has 29 heavy (non-hydrogen) atoms. The maximum atomic E-state index is 12.5. The molecule has 148 valence electrons. The summed E-state index contributed by atoms with van der Waals surface area (Å²) in [5.41, 5.74) is 2.29. The third-order valence-electron chi connectivity index (χ3n) is 5.16. The first-order valence-corrected chi connectivity index (χ1v) is 9.65. The molecule has 0 bridgehead atoms. The van der Waals surface area contributed by atoms with Crippen molar-refractivity contribution in [1.29, 1.82) is 0 Å². The maximum Gasteiger partial charge on any atom is 0.282 e. The Hall–Kier alpha value is -3.55. The van der Waals surface area contributed by atoms with E-state index in [1.165, 1.54) is 31.0 Å². The van der Waals surface area contributed by atoms with Crippen molar-refractivity contribution < 1.29 is 9.72 Å². The summed E-state index contributed by atoms with van der Waals surface area (Å²) in [5, 5.41) is 18.6. The zero-order valence-corrected chi connectivity index (χ0v) is 15.8. The van der Waals surface area contributed by atoms with E-state index in [4.69, 9.17) is 5.10 Å². The number of nitro groups is 1. The van der Waals surface area contributed by atoms with Gasteiger partial charge in [0.2, 0.25) is 0 Å². The number of nitrogens with one attached hydrogen (secondary N) is 1. The van der Waals surface area contributed by atoms with Gasteiger partial charge in [0, 0.05) is 12.3 Å². The van der Waals surface area contributed by atoms with Crippen LogP contribution in [0.5, 0.6) is 0 Å². The van der Waals surface area contributed by atoms with Crippen LogP contribution in [0.15, 0.2) is 54.7 Å². The molecular weight excluding hydrogens is 370 g/mol. The molecule has 3 aromatic rings. The summed E-state index contributed by atoms with van der Waals surface area (Å²) in [4.78, 5) is 27.5. The van der Waals surface area contributed by atoms with Gasteiger partial charge in [-0.05, 0) is 37.1 Å². The van der Waals surface area contributed by atoms with Gasteiger partial charge in [-0.15, -0.1) is 0 Å². The smallest absolute Gasteiger partial charge is 0.282 e. The van der Waals surface area contributed by atoms with Crippen LogP contribution in [0.4, 0.5) is 5.69 Å². The van der Waals surface area contributed by atoms with Crippen molar-refractivity contribution in [3.63, 3.8) is 0 Å². The van der Waals surface area contributed by atoms with Crippen LogP contribution in [-0.4, -0.2) is 25.6 Å². The first-order valence-electron chi connectivity index (χ1n) is 9.65. The van der Waals surface area contributed by atoms with Gasteiger partial charge < -0.3 is 5.32 Å². The second kappa shape index (κ2) is 8.22. The zero-order valence-electron chi connectivity index (χ0n) is 15.8. The highest BCUT2D eigenvalue weighted by molar-refractivity contribution is 5.98. The van der Waals surface area contributed by atoms with Gasteiger partial charge in [-0.1, -0.05) is 31.0 Å². The number of nitrogens with zero attached hydrogens (tertiary/aromatic N) is 4. The number of para-hydroxylation sites is 1. The van der Waals surface area contributed by atoms with Gasteiger partial charge in [-0.2, -0.15) is 5.10 Å². The molecule has 2 aromatic heterocycles. The third kappa shape index (κ3) is 4.01. The third-order valence-corrected chi connectivity index (χ3v) is 5.16. The fourth-order valence-electron chi connectivity index (χ4n) is 3.76. The molecule has 1 aromatic carbocycles. The van der Waals surface area contributed by atoms with Crippen molar-refractivity contribution in [3.8, 4) is 11.4 Å². The minimum absolute atomic E-state index is 0.0395.